The van der Waals surface area contributed by atoms with Crippen LogP contribution in [0.25, 0.3) is 33.8 Å². The van der Waals surface area contributed by atoms with Crippen molar-refractivity contribution in [2.45, 2.75) is 27.7 Å². The smallest absolute Gasteiger partial charge is 0.103 e. The second kappa shape index (κ2) is 7.78. The van der Waals surface area contributed by atoms with Gasteiger partial charge >= 0.3 is 0 Å². The summed E-state index contributed by atoms with van der Waals surface area (Å²) in [5.74, 6) is 1.82. The molecule has 0 saturated heterocycles. The summed E-state index contributed by atoms with van der Waals surface area (Å²) >= 11 is 0. The van der Waals surface area contributed by atoms with E-state index in [2.05, 4.69) is 55.3 Å². The molecule has 3 heterocycles. The Morgan fingerprint density at radius 2 is 1.08 bits per heavy atom. The van der Waals surface area contributed by atoms with Gasteiger partial charge in [-0.1, -0.05) is 38.1 Å². The average molecular weight is 345 g/mol. The third-order valence-corrected chi connectivity index (χ3v) is 3.97. The fourth-order valence-corrected chi connectivity index (χ4v) is 2.68. The lowest BCUT2D eigenvalue weighted by Gasteiger charge is -2.04. The van der Waals surface area contributed by atoms with Gasteiger partial charge in [0, 0.05) is 17.3 Å². The summed E-state index contributed by atoms with van der Waals surface area (Å²) in [5.41, 5.74) is 6.19. The van der Waals surface area contributed by atoms with Crippen LogP contribution in [0.4, 0.5) is 0 Å². The van der Waals surface area contributed by atoms with Crippen LogP contribution in [0.3, 0.4) is 0 Å². The number of nitrogens with one attached hydrogen (secondary N) is 2. The summed E-state index contributed by atoms with van der Waals surface area (Å²) in [6.07, 6.45) is 5.55. The van der Waals surface area contributed by atoms with E-state index in [1.165, 1.54) is 0 Å². The van der Waals surface area contributed by atoms with E-state index in [0.717, 1.165) is 45.4 Å². The number of rotatable bonds is 3. The number of aryl methyl sites for hydroxylation is 2. The van der Waals surface area contributed by atoms with Gasteiger partial charge < -0.3 is 9.97 Å². The number of hydrogen-bond acceptors (Lipinski definition) is 3. The highest BCUT2D eigenvalue weighted by Gasteiger charge is 2.05. The van der Waals surface area contributed by atoms with Crippen molar-refractivity contribution >= 4 is 0 Å². The fraction of sp³-hybridized carbons (Fsp3) is 0.190. The number of aromatic amines is 2. The fourth-order valence-electron chi connectivity index (χ4n) is 2.68. The molecule has 3 aromatic heterocycles. The van der Waals surface area contributed by atoms with E-state index >= 15 is 0 Å². The molecule has 0 amide bonds. The SMILES string of the molecule is CC.Cc1ncc(-c2ccc(-c3ccc(-c4cnc(C)[nH]4)cn3)cc2)[nH]1. The Hall–Kier alpha value is -3.21. The van der Waals surface area contributed by atoms with Crippen molar-refractivity contribution in [2.24, 2.45) is 0 Å². The van der Waals surface area contributed by atoms with Crippen LogP contribution in [0.1, 0.15) is 25.5 Å². The first-order valence-corrected chi connectivity index (χ1v) is 8.79. The standard InChI is InChI=1S/C19H17N5.C2H6/c1-12-20-10-18(23-12)15-5-3-14(4-6-15)17-8-7-16(9-22-17)19-11-21-13(2)24-19;1-2/h3-11H,1-2H3,(H,20,23)(H,21,24);1-2H3. The van der Waals surface area contributed by atoms with Gasteiger partial charge in [0.05, 0.1) is 29.5 Å². The molecule has 0 aliphatic carbocycles. The van der Waals surface area contributed by atoms with Gasteiger partial charge in [-0.3, -0.25) is 4.98 Å². The van der Waals surface area contributed by atoms with Gasteiger partial charge in [0.25, 0.3) is 0 Å². The van der Waals surface area contributed by atoms with E-state index in [1.54, 1.807) is 0 Å². The first kappa shape index (κ1) is 17.6. The molecule has 5 nitrogen and oxygen atoms in total. The minimum Gasteiger partial charge on any atom is -0.342 e. The molecule has 0 aliphatic heterocycles. The molecule has 0 spiro atoms. The Morgan fingerprint density at radius 3 is 1.54 bits per heavy atom. The Kier molecular flexibility index (Phi) is 5.27. The number of benzene rings is 1. The summed E-state index contributed by atoms with van der Waals surface area (Å²) in [7, 11) is 0. The summed E-state index contributed by atoms with van der Waals surface area (Å²) in [4.78, 5) is 19.5. The summed E-state index contributed by atoms with van der Waals surface area (Å²) in [6.45, 7) is 7.89. The molecular formula is C21H23N5. The Balaban J connectivity index is 0.000000948. The molecule has 5 heteroatoms. The van der Waals surface area contributed by atoms with Crippen LogP contribution in [-0.2, 0) is 0 Å². The zero-order chi connectivity index (χ0) is 18.5. The maximum atomic E-state index is 4.57. The van der Waals surface area contributed by atoms with Crippen LogP contribution < -0.4 is 0 Å². The highest BCUT2D eigenvalue weighted by atomic mass is 14.9. The Labute approximate surface area is 153 Å². The van der Waals surface area contributed by atoms with Gasteiger partial charge in [-0.05, 0) is 31.5 Å². The summed E-state index contributed by atoms with van der Waals surface area (Å²) in [5, 5.41) is 0. The normalized spacial score (nSPS) is 10.3. The molecule has 2 N–H and O–H groups in total. The third kappa shape index (κ3) is 3.72. The van der Waals surface area contributed by atoms with Crippen LogP contribution in [-0.4, -0.2) is 24.9 Å². The molecule has 132 valence electrons. The topological polar surface area (TPSA) is 70.2 Å². The van der Waals surface area contributed by atoms with Crippen molar-refractivity contribution in [3.05, 3.63) is 66.6 Å². The first-order valence-electron chi connectivity index (χ1n) is 8.79. The highest BCUT2D eigenvalue weighted by molar-refractivity contribution is 5.68. The largest absolute Gasteiger partial charge is 0.342 e. The van der Waals surface area contributed by atoms with E-state index < -0.39 is 0 Å². The van der Waals surface area contributed by atoms with E-state index in [0.29, 0.717) is 0 Å². The maximum Gasteiger partial charge on any atom is 0.103 e. The van der Waals surface area contributed by atoms with Crippen LogP contribution in [0.15, 0.2) is 55.0 Å². The molecule has 0 bridgehead atoms. The second-order valence-electron chi connectivity index (χ2n) is 5.77. The number of H-pyrrole nitrogens is 2. The van der Waals surface area contributed by atoms with Gasteiger partial charge in [0.2, 0.25) is 0 Å². The third-order valence-electron chi connectivity index (χ3n) is 3.97. The van der Waals surface area contributed by atoms with Gasteiger partial charge in [-0.2, -0.15) is 0 Å². The van der Waals surface area contributed by atoms with Crippen molar-refractivity contribution in [2.75, 3.05) is 0 Å². The number of imidazole rings is 2. The molecule has 1 aromatic carbocycles. The van der Waals surface area contributed by atoms with Crippen LogP contribution in [0.5, 0.6) is 0 Å². The van der Waals surface area contributed by atoms with Crippen molar-refractivity contribution in [3.63, 3.8) is 0 Å². The minimum atomic E-state index is 0.902. The number of nitrogens with zero attached hydrogens (tertiary/aromatic N) is 3. The van der Waals surface area contributed by atoms with Crippen molar-refractivity contribution in [1.82, 2.24) is 24.9 Å². The van der Waals surface area contributed by atoms with Crippen molar-refractivity contribution < 1.29 is 0 Å². The van der Waals surface area contributed by atoms with E-state index in [4.69, 9.17) is 0 Å². The second-order valence-corrected chi connectivity index (χ2v) is 5.77. The van der Waals surface area contributed by atoms with Crippen LogP contribution in [0, 0.1) is 13.8 Å². The zero-order valence-corrected chi connectivity index (χ0v) is 15.5. The predicted octanol–water partition coefficient (Wildman–Crippen LogP) is 5.17. The maximum absolute atomic E-state index is 4.57. The van der Waals surface area contributed by atoms with E-state index in [9.17, 15) is 0 Å². The first-order chi connectivity index (χ1) is 12.7. The lowest BCUT2D eigenvalue weighted by Crippen LogP contribution is -1.86. The molecule has 4 aromatic rings. The monoisotopic (exact) mass is 345 g/mol. The van der Waals surface area contributed by atoms with E-state index in [-0.39, 0.29) is 0 Å². The van der Waals surface area contributed by atoms with E-state index in [1.807, 2.05) is 52.4 Å². The number of pyridine rings is 1. The highest BCUT2D eigenvalue weighted by Crippen LogP contribution is 2.24. The average Bonchev–Trinajstić information content (AvgIpc) is 3.32. The molecule has 0 radical (unpaired) electrons. The molecule has 0 unspecified atom stereocenters. The molecule has 26 heavy (non-hydrogen) atoms. The zero-order valence-electron chi connectivity index (χ0n) is 15.5. The molecule has 0 atom stereocenters. The number of hydrogen-bond donors (Lipinski definition) is 2. The lowest BCUT2D eigenvalue weighted by atomic mass is 10.1. The Bertz CT molecular complexity index is 881. The molecule has 0 aliphatic rings. The quantitative estimate of drug-likeness (QED) is 0.538. The van der Waals surface area contributed by atoms with Crippen LogP contribution >= 0.6 is 0 Å². The molecule has 0 saturated carbocycles. The van der Waals surface area contributed by atoms with Gasteiger partial charge in [-0.25, -0.2) is 9.97 Å². The number of aromatic nitrogens is 5. The van der Waals surface area contributed by atoms with Gasteiger partial charge in [0.15, 0.2) is 0 Å². The molecule has 4 rings (SSSR count). The summed E-state index contributed by atoms with van der Waals surface area (Å²) < 4.78 is 0. The summed E-state index contributed by atoms with van der Waals surface area (Å²) in [6, 6.07) is 12.4. The predicted molar refractivity (Wildman–Crippen MR) is 106 cm³/mol. The molecule has 0 fully saturated rings. The Morgan fingerprint density at radius 1 is 0.577 bits per heavy atom. The minimum absolute atomic E-state index is 0.902. The lowest BCUT2D eigenvalue weighted by molar-refractivity contribution is 1.15. The van der Waals surface area contributed by atoms with Gasteiger partial charge in [0.1, 0.15) is 11.6 Å². The molecular weight excluding hydrogens is 322 g/mol. The van der Waals surface area contributed by atoms with Crippen molar-refractivity contribution in [1.29, 1.82) is 0 Å². The van der Waals surface area contributed by atoms with Gasteiger partial charge in [-0.15, -0.1) is 0 Å². The van der Waals surface area contributed by atoms with Crippen molar-refractivity contribution in [3.8, 4) is 33.8 Å². The van der Waals surface area contributed by atoms with Crippen LogP contribution in [0.2, 0.25) is 0 Å².